The predicted molar refractivity (Wildman–Crippen MR) is 58.6 cm³/mol. The van der Waals surface area contributed by atoms with Crippen LogP contribution >= 0.6 is 0 Å². The number of nitrogens with zero attached hydrogens (tertiary/aromatic N) is 1. The van der Waals surface area contributed by atoms with Crippen molar-refractivity contribution in [1.82, 2.24) is 4.98 Å². The van der Waals surface area contributed by atoms with E-state index in [1.165, 1.54) is 6.20 Å². The molecule has 0 aromatic carbocycles. The van der Waals surface area contributed by atoms with Gasteiger partial charge in [0.2, 0.25) is 0 Å². The van der Waals surface area contributed by atoms with E-state index in [1.807, 2.05) is 6.92 Å². The topological polar surface area (TPSA) is 65.2 Å². The molecule has 15 heavy (non-hydrogen) atoms. The van der Waals surface area contributed by atoms with Gasteiger partial charge in [0.1, 0.15) is 0 Å². The van der Waals surface area contributed by atoms with Crippen molar-refractivity contribution >= 4 is 11.7 Å². The van der Waals surface area contributed by atoms with E-state index in [-0.39, 0.29) is 5.97 Å². The van der Waals surface area contributed by atoms with E-state index in [0.29, 0.717) is 23.6 Å². The highest BCUT2D eigenvalue weighted by molar-refractivity contribution is 5.91. The third-order valence-electron chi connectivity index (χ3n) is 2.06. The lowest BCUT2D eigenvalue weighted by Crippen LogP contribution is -2.09. The number of pyridine rings is 1. The number of rotatable bonds is 4. The van der Waals surface area contributed by atoms with Crippen LogP contribution in [0.25, 0.3) is 0 Å². The van der Waals surface area contributed by atoms with Gasteiger partial charge in [-0.3, -0.25) is 4.98 Å². The van der Waals surface area contributed by atoms with Crippen LogP contribution in [-0.4, -0.2) is 17.6 Å². The van der Waals surface area contributed by atoms with E-state index in [9.17, 15) is 4.79 Å². The first-order chi connectivity index (χ1) is 7.15. The molecule has 2 N–H and O–H groups in total. The molecule has 0 radical (unpaired) electrons. The van der Waals surface area contributed by atoms with Crippen molar-refractivity contribution in [2.24, 2.45) is 0 Å². The molecule has 1 aromatic heterocycles. The second-order valence-corrected chi connectivity index (χ2v) is 3.39. The Hall–Kier alpha value is -1.58. The number of hydrogen-bond donors (Lipinski definition) is 1. The highest BCUT2D eigenvalue weighted by Gasteiger charge is 2.11. The maximum atomic E-state index is 11.6. The van der Waals surface area contributed by atoms with Gasteiger partial charge in [-0.25, -0.2) is 4.79 Å². The van der Waals surface area contributed by atoms with Crippen LogP contribution in [-0.2, 0) is 4.74 Å². The van der Waals surface area contributed by atoms with Crippen molar-refractivity contribution in [2.45, 2.75) is 26.7 Å². The quantitative estimate of drug-likeness (QED) is 0.606. The van der Waals surface area contributed by atoms with Crippen molar-refractivity contribution in [1.29, 1.82) is 0 Å². The summed E-state index contributed by atoms with van der Waals surface area (Å²) in [6.45, 7) is 4.25. The second kappa shape index (κ2) is 5.34. The number of aryl methyl sites for hydroxylation is 1. The number of nitrogens with two attached hydrogens (primary N) is 1. The lowest BCUT2D eigenvalue weighted by molar-refractivity contribution is 0.0498. The van der Waals surface area contributed by atoms with Crippen LogP contribution in [0.1, 0.15) is 35.8 Å². The van der Waals surface area contributed by atoms with Gasteiger partial charge < -0.3 is 10.5 Å². The molecule has 1 aromatic rings. The number of carbonyl (C=O) groups excluding carboxylic acids is 1. The number of nitrogen functional groups attached to an aromatic ring is 1. The molecule has 0 fully saturated rings. The van der Waals surface area contributed by atoms with Gasteiger partial charge in [-0.2, -0.15) is 0 Å². The first kappa shape index (κ1) is 11.5. The molecule has 0 amide bonds. The Balaban J connectivity index is 2.68. The summed E-state index contributed by atoms with van der Waals surface area (Å²) >= 11 is 0. The number of aromatic nitrogens is 1. The summed E-state index contributed by atoms with van der Waals surface area (Å²) in [5, 5.41) is 0. The second-order valence-electron chi connectivity index (χ2n) is 3.39. The third-order valence-corrected chi connectivity index (χ3v) is 2.06. The van der Waals surface area contributed by atoms with Crippen molar-refractivity contribution in [3.05, 3.63) is 23.5 Å². The highest BCUT2D eigenvalue weighted by atomic mass is 16.5. The molecule has 4 nitrogen and oxygen atoms in total. The molecular formula is C11H16N2O2. The average Bonchev–Trinajstić information content (AvgIpc) is 2.22. The van der Waals surface area contributed by atoms with Crippen LogP contribution in [0.4, 0.5) is 5.69 Å². The Kier molecular flexibility index (Phi) is 4.09. The van der Waals surface area contributed by atoms with Gasteiger partial charge in [0.05, 0.1) is 29.7 Å². The molecule has 1 heterocycles. The number of unbranched alkanes of at least 4 members (excludes halogenated alkanes) is 1. The number of anilines is 1. The summed E-state index contributed by atoms with van der Waals surface area (Å²) in [4.78, 5) is 15.6. The third kappa shape index (κ3) is 3.23. The fraction of sp³-hybridized carbons (Fsp3) is 0.455. The van der Waals surface area contributed by atoms with E-state index in [0.717, 1.165) is 12.8 Å². The van der Waals surface area contributed by atoms with E-state index in [1.54, 1.807) is 13.0 Å². The van der Waals surface area contributed by atoms with Crippen LogP contribution in [0.15, 0.2) is 12.3 Å². The minimum atomic E-state index is -0.347. The number of carbonyl (C=O) groups is 1. The minimum absolute atomic E-state index is 0.347. The van der Waals surface area contributed by atoms with E-state index >= 15 is 0 Å². The van der Waals surface area contributed by atoms with Crippen molar-refractivity contribution in [2.75, 3.05) is 12.3 Å². The monoisotopic (exact) mass is 208 g/mol. The summed E-state index contributed by atoms with van der Waals surface area (Å²) in [5.74, 6) is -0.347. The van der Waals surface area contributed by atoms with Crippen LogP contribution in [0, 0.1) is 6.92 Å². The Morgan fingerprint density at radius 3 is 3.00 bits per heavy atom. The van der Waals surface area contributed by atoms with E-state index in [2.05, 4.69) is 4.98 Å². The summed E-state index contributed by atoms with van der Waals surface area (Å²) in [7, 11) is 0. The standard InChI is InChI=1S/C11H16N2O2/c1-3-4-5-15-11(14)10-6-9(12)7-13-8(10)2/h6-7H,3-5,12H2,1-2H3. The molecule has 0 aliphatic rings. The molecule has 0 bridgehead atoms. The molecule has 0 aliphatic heterocycles. The fourth-order valence-electron chi connectivity index (χ4n) is 1.14. The SMILES string of the molecule is CCCCOC(=O)c1cc(N)cnc1C. The van der Waals surface area contributed by atoms with Gasteiger partial charge in [-0.15, -0.1) is 0 Å². The minimum Gasteiger partial charge on any atom is -0.462 e. The van der Waals surface area contributed by atoms with Crippen molar-refractivity contribution in [3.8, 4) is 0 Å². The molecule has 0 atom stereocenters. The van der Waals surface area contributed by atoms with Gasteiger partial charge in [0.25, 0.3) is 0 Å². The average molecular weight is 208 g/mol. The lowest BCUT2D eigenvalue weighted by Gasteiger charge is -2.06. The van der Waals surface area contributed by atoms with Crippen molar-refractivity contribution in [3.63, 3.8) is 0 Å². The van der Waals surface area contributed by atoms with Crippen LogP contribution < -0.4 is 5.73 Å². The lowest BCUT2D eigenvalue weighted by atomic mass is 10.2. The van der Waals surface area contributed by atoms with E-state index < -0.39 is 0 Å². The van der Waals surface area contributed by atoms with Crippen LogP contribution in [0.3, 0.4) is 0 Å². The first-order valence-electron chi connectivity index (χ1n) is 5.04. The van der Waals surface area contributed by atoms with Crippen LogP contribution in [0.2, 0.25) is 0 Å². The number of ether oxygens (including phenoxy) is 1. The zero-order chi connectivity index (χ0) is 11.3. The first-order valence-corrected chi connectivity index (χ1v) is 5.04. The Morgan fingerprint density at radius 2 is 2.33 bits per heavy atom. The molecule has 0 unspecified atom stereocenters. The predicted octanol–water partition coefficient (Wildman–Crippen LogP) is 1.93. The smallest absolute Gasteiger partial charge is 0.340 e. The largest absolute Gasteiger partial charge is 0.462 e. The van der Waals surface area contributed by atoms with Crippen LogP contribution in [0.5, 0.6) is 0 Å². The summed E-state index contributed by atoms with van der Waals surface area (Å²) < 4.78 is 5.07. The van der Waals surface area contributed by atoms with Gasteiger partial charge in [-0.05, 0) is 19.4 Å². The fourth-order valence-corrected chi connectivity index (χ4v) is 1.14. The van der Waals surface area contributed by atoms with Crippen molar-refractivity contribution < 1.29 is 9.53 Å². The molecule has 0 aliphatic carbocycles. The normalized spacial score (nSPS) is 10.0. The zero-order valence-electron chi connectivity index (χ0n) is 9.12. The Morgan fingerprint density at radius 1 is 1.60 bits per heavy atom. The molecule has 1 rings (SSSR count). The highest BCUT2D eigenvalue weighted by Crippen LogP contribution is 2.11. The van der Waals surface area contributed by atoms with Gasteiger partial charge in [0.15, 0.2) is 0 Å². The van der Waals surface area contributed by atoms with E-state index in [4.69, 9.17) is 10.5 Å². The zero-order valence-corrected chi connectivity index (χ0v) is 9.12. The van der Waals surface area contributed by atoms with Gasteiger partial charge in [0, 0.05) is 0 Å². The summed E-state index contributed by atoms with van der Waals surface area (Å²) in [6.07, 6.45) is 3.40. The Bertz CT molecular complexity index is 350. The van der Waals surface area contributed by atoms with Gasteiger partial charge >= 0.3 is 5.97 Å². The molecule has 82 valence electrons. The maximum Gasteiger partial charge on any atom is 0.340 e. The summed E-state index contributed by atoms with van der Waals surface area (Å²) in [6, 6.07) is 1.59. The maximum absolute atomic E-state index is 11.6. The Labute approximate surface area is 89.5 Å². The summed E-state index contributed by atoms with van der Waals surface area (Å²) in [5.41, 5.74) is 7.12. The van der Waals surface area contributed by atoms with Gasteiger partial charge in [-0.1, -0.05) is 13.3 Å². The molecule has 4 heteroatoms. The molecule has 0 saturated heterocycles. The molecule has 0 spiro atoms. The number of hydrogen-bond acceptors (Lipinski definition) is 4. The molecular weight excluding hydrogens is 192 g/mol. The number of esters is 1. The molecule has 0 saturated carbocycles.